The van der Waals surface area contributed by atoms with Crippen LogP contribution in [0.25, 0.3) is 0 Å². The van der Waals surface area contributed by atoms with Crippen molar-refractivity contribution in [2.24, 2.45) is 0 Å². The maximum atomic E-state index is 10.7. The molecule has 0 saturated carbocycles. The van der Waals surface area contributed by atoms with E-state index in [0.717, 1.165) is 24.8 Å². The van der Waals surface area contributed by atoms with E-state index in [9.17, 15) is 4.79 Å². The summed E-state index contributed by atoms with van der Waals surface area (Å²) in [5.41, 5.74) is 1.70. The molecule has 0 saturated heterocycles. The maximum absolute atomic E-state index is 10.7. The molecule has 0 fully saturated rings. The van der Waals surface area contributed by atoms with Crippen LogP contribution in [-0.4, -0.2) is 19.9 Å². The van der Waals surface area contributed by atoms with E-state index in [0.29, 0.717) is 5.57 Å². The molecule has 0 heterocycles. The smallest absolute Gasteiger partial charge is 0.150 e. The lowest BCUT2D eigenvalue weighted by Crippen LogP contribution is -2.08. The predicted octanol–water partition coefficient (Wildman–Crippen LogP) is 1.85. The summed E-state index contributed by atoms with van der Waals surface area (Å²) in [5.74, 6) is 0. The summed E-state index contributed by atoms with van der Waals surface area (Å²) in [7, 11) is 1.89. The highest BCUT2D eigenvalue weighted by atomic mass is 16.1. The minimum Gasteiger partial charge on any atom is -0.319 e. The molecule has 0 bridgehead atoms. The van der Waals surface area contributed by atoms with Crippen LogP contribution in [-0.2, 0) is 4.79 Å². The molecule has 2 nitrogen and oxygen atoms in total. The van der Waals surface area contributed by atoms with Gasteiger partial charge in [0.25, 0.3) is 0 Å². The summed E-state index contributed by atoms with van der Waals surface area (Å²) in [6.45, 7) is 6.44. The third kappa shape index (κ3) is 4.43. The number of carbonyl (C=O) groups excluding carboxylic acids is 1. The second-order valence-corrected chi connectivity index (χ2v) is 2.66. The molecular formula is C11H17NO. The summed E-state index contributed by atoms with van der Waals surface area (Å²) in [4.78, 5) is 10.7. The van der Waals surface area contributed by atoms with Gasteiger partial charge in [0.15, 0.2) is 0 Å². The molecule has 0 aromatic rings. The van der Waals surface area contributed by atoms with Crippen LogP contribution < -0.4 is 5.32 Å². The Balaban J connectivity index is 4.60. The first kappa shape index (κ1) is 11.8. The lowest BCUT2D eigenvalue weighted by molar-refractivity contribution is -0.104. The number of allylic oxidation sites excluding steroid dienone is 4. The average Bonchev–Trinajstić information content (AvgIpc) is 2.17. The topological polar surface area (TPSA) is 29.1 Å². The Hall–Kier alpha value is -1.15. The van der Waals surface area contributed by atoms with Crippen molar-refractivity contribution in [3.63, 3.8) is 0 Å². The molecule has 0 amide bonds. The first-order valence-corrected chi connectivity index (χ1v) is 4.38. The Morgan fingerprint density at radius 2 is 2.23 bits per heavy atom. The molecule has 0 atom stereocenters. The van der Waals surface area contributed by atoms with Gasteiger partial charge >= 0.3 is 0 Å². The third-order valence-electron chi connectivity index (χ3n) is 1.73. The van der Waals surface area contributed by atoms with Gasteiger partial charge < -0.3 is 5.32 Å². The Morgan fingerprint density at radius 1 is 1.54 bits per heavy atom. The summed E-state index contributed by atoms with van der Waals surface area (Å²) in [5, 5.41) is 3.03. The van der Waals surface area contributed by atoms with Crippen molar-refractivity contribution < 1.29 is 4.79 Å². The van der Waals surface area contributed by atoms with E-state index in [-0.39, 0.29) is 0 Å². The van der Waals surface area contributed by atoms with E-state index in [2.05, 4.69) is 11.9 Å². The molecule has 2 heteroatoms. The maximum Gasteiger partial charge on any atom is 0.150 e. The van der Waals surface area contributed by atoms with Gasteiger partial charge in [0.05, 0.1) is 0 Å². The average molecular weight is 179 g/mol. The highest BCUT2D eigenvalue weighted by Crippen LogP contribution is 2.09. The number of aldehydes is 1. The lowest BCUT2D eigenvalue weighted by Gasteiger charge is -2.03. The van der Waals surface area contributed by atoms with Gasteiger partial charge in [0.2, 0.25) is 0 Å². The first-order valence-electron chi connectivity index (χ1n) is 4.38. The molecular weight excluding hydrogens is 162 g/mol. The molecule has 1 N–H and O–H groups in total. The second kappa shape index (κ2) is 7.50. The van der Waals surface area contributed by atoms with Gasteiger partial charge in [-0.15, -0.1) is 0 Å². The molecule has 0 rings (SSSR count). The van der Waals surface area contributed by atoms with Crippen molar-refractivity contribution in [1.29, 1.82) is 0 Å². The molecule has 0 radical (unpaired) electrons. The van der Waals surface area contributed by atoms with Gasteiger partial charge in [-0.05, 0) is 32.5 Å². The van der Waals surface area contributed by atoms with Gasteiger partial charge in [-0.1, -0.05) is 24.8 Å². The standard InChI is InChI=1S/C11H17NO/c1-4-6-11(9-13)10(5-2)7-8-12-3/h4-6,9,12H,2,7-8H2,1,3H3/b6-4-,11-10-. The fraction of sp³-hybridized carbons (Fsp3) is 0.364. The van der Waals surface area contributed by atoms with Gasteiger partial charge in [-0.3, -0.25) is 4.79 Å². The predicted molar refractivity (Wildman–Crippen MR) is 56.6 cm³/mol. The van der Waals surface area contributed by atoms with E-state index in [1.165, 1.54) is 0 Å². The number of hydrogen-bond acceptors (Lipinski definition) is 2. The molecule has 0 aliphatic heterocycles. The van der Waals surface area contributed by atoms with Crippen LogP contribution in [0.4, 0.5) is 0 Å². The van der Waals surface area contributed by atoms with Gasteiger partial charge in [0.1, 0.15) is 6.29 Å². The van der Waals surface area contributed by atoms with Crippen molar-refractivity contribution >= 4 is 6.29 Å². The number of hydrogen-bond donors (Lipinski definition) is 1. The van der Waals surface area contributed by atoms with E-state index in [4.69, 9.17) is 0 Å². The summed E-state index contributed by atoms with van der Waals surface area (Å²) < 4.78 is 0. The van der Waals surface area contributed by atoms with E-state index in [1.54, 1.807) is 12.2 Å². The Kier molecular flexibility index (Phi) is 6.83. The molecule has 0 aromatic carbocycles. The third-order valence-corrected chi connectivity index (χ3v) is 1.73. The summed E-state index contributed by atoms with van der Waals surface area (Å²) in [6.07, 6.45) is 7.10. The van der Waals surface area contributed by atoms with Gasteiger partial charge in [0, 0.05) is 5.57 Å². The van der Waals surface area contributed by atoms with Gasteiger partial charge in [-0.25, -0.2) is 0 Å². The van der Waals surface area contributed by atoms with Crippen molar-refractivity contribution in [3.8, 4) is 0 Å². The van der Waals surface area contributed by atoms with Crippen LogP contribution in [0.2, 0.25) is 0 Å². The monoisotopic (exact) mass is 179 g/mol. The van der Waals surface area contributed by atoms with E-state index >= 15 is 0 Å². The van der Waals surface area contributed by atoms with Crippen LogP contribution in [0.3, 0.4) is 0 Å². The van der Waals surface area contributed by atoms with Crippen LogP contribution in [0.15, 0.2) is 36.0 Å². The molecule has 0 aromatic heterocycles. The largest absolute Gasteiger partial charge is 0.319 e. The highest BCUT2D eigenvalue weighted by Gasteiger charge is 1.98. The van der Waals surface area contributed by atoms with Crippen molar-refractivity contribution in [2.75, 3.05) is 13.6 Å². The van der Waals surface area contributed by atoms with Crippen LogP contribution in [0.1, 0.15) is 13.3 Å². The first-order chi connectivity index (χ1) is 6.29. The van der Waals surface area contributed by atoms with Crippen molar-refractivity contribution in [1.82, 2.24) is 5.32 Å². The molecule has 72 valence electrons. The normalized spacial score (nSPS) is 12.8. The summed E-state index contributed by atoms with van der Waals surface area (Å²) in [6, 6.07) is 0. The van der Waals surface area contributed by atoms with Crippen molar-refractivity contribution in [3.05, 3.63) is 36.0 Å². The minimum atomic E-state index is 0.716. The number of rotatable bonds is 6. The lowest BCUT2D eigenvalue weighted by atomic mass is 10.1. The van der Waals surface area contributed by atoms with Crippen LogP contribution >= 0.6 is 0 Å². The molecule has 13 heavy (non-hydrogen) atoms. The zero-order valence-corrected chi connectivity index (χ0v) is 8.34. The molecule has 0 spiro atoms. The zero-order valence-electron chi connectivity index (χ0n) is 8.34. The summed E-state index contributed by atoms with van der Waals surface area (Å²) >= 11 is 0. The zero-order chi connectivity index (χ0) is 10.1. The molecule has 0 unspecified atom stereocenters. The van der Waals surface area contributed by atoms with Gasteiger partial charge in [-0.2, -0.15) is 0 Å². The number of nitrogens with one attached hydrogen (secondary N) is 1. The van der Waals surface area contributed by atoms with E-state index < -0.39 is 0 Å². The quantitative estimate of drug-likeness (QED) is 0.383. The van der Waals surface area contributed by atoms with Crippen LogP contribution in [0.5, 0.6) is 0 Å². The Bertz CT molecular complexity index is 226. The SMILES string of the molecule is C=C/C(CCNC)=C(C=O)\C=C/C. The molecule has 0 aliphatic rings. The van der Waals surface area contributed by atoms with Crippen molar-refractivity contribution in [2.45, 2.75) is 13.3 Å². The fourth-order valence-corrected chi connectivity index (χ4v) is 1.03. The van der Waals surface area contributed by atoms with Crippen LogP contribution in [0, 0.1) is 0 Å². The minimum absolute atomic E-state index is 0.716. The van der Waals surface area contributed by atoms with E-state index in [1.807, 2.05) is 20.0 Å². The second-order valence-electron chi connectivity index (χ2n) is 2.66. The fourth-order valence-electron chi connectivity index (χ4n) is 1.03. The Labute approximate surface area is 80.0 Å². The highest BCUT2D eigenvalue weighted by molar-refractivity contribution is 5.79. The molecule has 0 aliphatic carbocycles. The Morgan fingerprint density at radius 3 is 2.62 bits per heavy atom. The number of carbonyl (C=O) groups is 1.